The van der Waals surface area contributed by atoms with Crippen LogP contribution in [0.4, 0.5) is 0 Å². The number of aromatic amines is 1. The predicted octanol–water partition coefficient (Wildman–Crippen LogP) is 2.01. The molecule has 8 heteroatoms. The van der Waals surface area contributed by atoms with E-state index in [9.17, 15) is 4.79 Å². The van der Waals surface area contributed by atoms with Crippen LogP contribution in [-0.4, -0.2) is 81.1 Å². The van der Waals surface area contributed by atoms with Crippen LogP contribution >= 0.6 is 0 Å². The largest absolute Gasteiger partial charge is 0.489 e. The molecule has 0 amide bonds. The summed E-state index contributed by atoms with van der Waals surface area (Å²) in [5, 5.41) is 14.1. The van der Waals surface area contributed by atoms with Gasteiger partial charge in [0.25, 0.3) is 0 Å². The van der Waals surface area contributed by atoms with Crippen molar-refractivity contribution >= 4 is 6.29 Å². The SMILES string of the molecule is CC(C)N1CCN(C2CC(C=O)CCC2Oc2ccc(-c3nn[nH]n3)cc2)CC1. The topological polar surface area (TPSA) is 87.2 Å². The van der Waals surface area contributed by atoms with E-state index in [4.69, 9.17) is 4.74 Å². The van der Waals surface area contributed by atoms with E-state index in [0.717, 1.165) is 63.0 Å². The highest BCUT2D eigenvalue weighted by Gasteiger charge is 2.37. The van der Waals surface area contributed by atoms with Gasteiger partial charge in [-0.3, -0.25) is 9.80 Å². The number of nitrogens with zero attached hydrogens (tertiary/aromatic N) is 5. The maximum atomic E-state index is 11.5. The van der Waals surface area contributed by atoms with Gasteiger partial charge >= 0.3 is 0 Å². The minimum Gasteiger partial charge on any atom is -0.489 e. The lowest BCUT2D eigenvalue weighted by molar-refractivity contribution is -0.114. The fourth-order valence-corrected chi connectivity index (χ4v) is 4.52. The molecule has 3 atom stereocenters. The van der Waals surface area contributed by atoms with Crippen molar-refractivity contribution in [2.75, 3.05) is 26.2 Å². The van der Waals surface area contributed by atoms with E-state index in [1.54, 1.807) is 0 Å². The van der Waals surface area contributed by atoms with Crippen LogP contribution in [0, 0.1) is 5.92 Å². The van der Waals surface area contributed by atoms with Crippen LogP contribution in [0.2, 0.25) is 0 Å². The van der Waals surface area contributed by atoms with E-state index >= 15 is 0 Å². The van der Waals surface area contributed by atoms with Crippen molar-refractivity contribution < 1.29 is 9.53 Å². The summed E-state index contributed by atoms with van der Waals surface area (Å²) in [6.45, 7) is 8.72. The predicted molar refractivity (Wildman–Crippen MR) is 110 cm³/mol. The number of carbonyl (C=O) groups is 1. The molecular formula is C21H30N6O2. The first kappa shape index (κ1) is 20.0. The second kappa shape index (κ2) is 9.00. The van der Waals surface area contributed by atoms with Crippen molar-refractivity contribution in [3.8, 4) is 17.1 Å². The highest BCUT2D eigenvalue weighted by molar-refractivity contribution is 5.55. The Morgan fingerprint density at radius 3 is 2.52 bits per heavy atom. The summed E-state index contributed by atoms with van der Waals surface area (Å²) < 4.78 is 6.43. The summed E-state index contributed by atoms with van der Waals surface area (Å²) in [5.41, 5.74) is 0.900. The number of tetrazole rings is 1. The molecule has 29 heavy (non-hydrogen) atoms. The molecule has 2 aromatic rings. The summed E-state index contributed by atoms with van der Waals surface area (Å²) in [6, 6.07) is 8.69. The average molecular weight is 399 g/mol. The smallest absolute Gasteiger partial charge is 0.204 e. The Morgan fingerprint density at radius 1 is 1.14 bits per heavy atom. The van der Waals surface area contributed by atoms with E-state index in [1.807, 2.05) is 24.3 Å². The number of aromatic nitrogens is 4. The fourth-order valence-electron chi connectivity index (χ4n) is 4.52. The van der Waals surface area contributed by atoms with Crippen LogP contribution in [0.15, 0.2) is 24.3 Å². The number of rotatable bonds is 6. The first-order valence-corrected chi connectivity index (χ1v) is 10.6. The van der Waals surface area contributed by atoms with Gasteiger partial charge in [-0.15, -0.1) is 10.2 Å². The summed E-state index contributed by atoms with van der Waals surface area (Å²) in [6.07, 6.45) is 3.93. The molecule has 1 saturated carbocycles. The number of benzene rings is 1. The highest BCUT2D eigenvalue weighted by Crippen LogP contribution is 2.31. The second-order valence-electron chi connectivity index (χ2n) is 8.36. The van der Waals surface area contributed by atoms with Crippen molar-refractivity contribution in [2.45, 2.75) is 51.3 Å². The van der Waals surface area contributed by atoms with Crippen molar-refractivity contribution in [2.24, 2.45) is 5.92 Å². The summed E-state index contributed by atoms with van der Waals surface area (Å²) >= 11 is 0. The number of piperazine rings is 1. The lowest BCUT2D eigenvalue weighted by atomic mass is 9.83. The molecule has 2 aliphatic rings. The van der Waals surface area contributed by atoms with Gasteiger partial charge in [-0.1, -0.05) is 0 Å². The van der Waals surface area contributed by atoms with E-state index in [2.05, 4.69) is 44.3 Å². The Hall–Kier alpha value is -2.32. The summed E-state index contributed by atoms with van der Waals surface area (Å²) in [5.74, 6) is 1.56. The van der Waals surface area contributed by atoms with Crippen molar-refractivity contribution in [1.29, 1.82) is 0 Å². The minimum absolute atomic E-state index is 0.104. The first-order valence-electron chi connectivity index (χ1n) is 10.6. The van der Waals surface area contributed by atoms with E-state index in [-0.39, 0.29) is 18.1 Å². The van der Waals surface area contributed by atoms with E-state index in [1.165, 1.54) is 0 Å². The van der Waals surface area contributed by atoms with Crippen LogP contribution < -0.4 is 4.74 Å². The third-order valence-electron chi connectivity index (χ3n) is 6.28. The van der Waals surface area contributed by atoms with Gasteiger partial charge in [-0.25, -0.2) is 0 Å². The van der Waals surface area contributed by atoms with Gasteiger partial charge < -0.3 is 9.53 Å². The van der Waals surface area contributed by atoms with E-state index < -0.39 is 0 Å². The molecule has 1 aromatic heterocycles. The van der Waals surface area contributed by atoms with Crippen molar-refractivity contribution in [3.63, 3.8) is 0 Å². The molecule has 2 fully saturated rings. The molecule has 1 saturated heterocycles. The lowest BCUT2D eigenvalue weighted by Crippen LogP contribution is -2.57. The molecule has 4 rings (SSSR count). The lowest BCUT2D eigenvalue weighted by Gasteiger charge is -2.45. The van der Waals surface area contributed by atoms with Gasteiger partial charge in [0.1, 0.15) is 18.1 Å². The van der Waals surface area contributed by atoms with Crippen LogP contribution in [0.5, 0.6) is 5.75 Å². The maximum absolute atomic E-state index is 11.5. The van der Waals surface area contributed by atoms with Crippen molar-refractivity contribution in [1.82, 2.24) is 30.4 Å². The van der Waals surface area contributed by atoms with Gasteiger partial charge in [0.15, 0.2) is 0 Å². The monoisotopic (exact) mass is 398 g/mol. The molecule has 1 aromatic carbocycles. The molecule has 1 aliphatic carbocycles. The molecule has 3 unspecified atom stereocenters. The Bertz CT molecular complexity index is 771. The number of ether oxygens (including phenoxy) is 1. The molecular weight excluding hydrogens is 368 g/mol. The zero-order valence-corrected chi connectivity index (χ0v) is 17.2. The highest BCUT2D eigenvalue weighted by atomic mass is 16.5. The molecule has 0 bridgehead atoms. The zero-order valence-electron chi connectivity index (χ0n) is 17.2. The number of aldehydes is 1. The maximum Gasteiger partial charge on any atom is 0.204 e. The Kier molecular flexibility index (Phi) is 6.20. The van der Waals surface area contributed by atoms with Gasteiger partial charge in [-0.2, -0.15) is 5.21 Å². The molecule has 0 radical (unpaired) electrons. The number of nitrogens with one attached hydrogen (secondary N) is 1. The van der Waals surface area contributed by atoms with Gasteiger partial charge in [0.05, 0.1) is 0 Å². The van der Waals surface area contributed by atoms with Gasteiger partial charge in [0, 0.05) is 49.7 Å². The Labute approximate surface area is 171 Å². The van der Waals surface area contributed by atoms with Crippen LogP contribution in [-0.2, 0) is 4.79 Å². The molecule has 0 spiro atoms. The minimum atomic E-state index is 0.104. The Balaban J connectivity index is 1.43. The molecule has 2 heterocycles. The number of H-pyrrole nitrogens is 1. The quantitative estimate of drug-likeness (QED) is 0.745. The third-order valence-corrected chi connectivity index (χ3v) is 6.28. The van der Waals surface area contributed by atoms with Crippen molar-refractivity contribution in [3.05, 3.63) is 24.3 Å². The normalized spacial score (nSPS) is 26.5. The summed E-state index contributed by atoms with van der Waals surface area (Å²) in [7, 11) is 0. The van der Waals surface area contributed by atoms with Gasteiger partial charge in [0.2, 0.25) is 5.82 Å². The number of hydrogen-bond donors (Lipinski definition) is 1. The zero-order chi connectivity index (χ0) is 20.2. The standard InChI is InChI=1S/C21H30N6O2/c1-15(2)26-9-11-27(12-10-26)19-13-16(14-28)3-8-20(19)29-18-6-4-17(5-7-18)21-22-24-25-23-21/h4-7,14-16,19-20H,3,8-13H2,1-2H3,(H,22,23,24,25). The third kappa shape index (κ3) is 4.64. The number of carbonyl (C=O) groups excluding carboxylic acids is 1. The van der Waals surface area contributed by atoms with Crippen LogP contribution in [0.25, 0.3) is 11.4 Å². The second-order valence-corrected chi connectivity index (χ2v) is 8.36. The Morgan fingerprint density at radius 2 is 1.90 bits per heavy atom. The average Bonchev–Trinajstić information content (AvgIpc) is 3.29. The molecule has 156 valence electrons. The van der Waals surface area contributed by atoms with Crippen LogP contribution in [0.3, 0.4) is 0 Å². The molecule has 8 nitrogen and oxygen atoms in total. The molecule has 1 N–H and O–H groups in total. The van der Waals surface area contributed by atoms with Crippen LogP contribution in [0.1, 0.15) is 33.1 Å². The summed E-state index contributed by atoms with van der Waals surface area (Å²) in [4.78, 5) is 16.5. The van der Waals surface area contributed by atoms with E-state index in [0.29, 0.717) is 11.9 Å². The number of hydrogen-bond acceptors (Lipinski definition) is 7. The van der Waals surface area contributed by atoms with Gasteiger partial charge in [-0.05, 0) is 62.6 Å². The fraction of sp³-hybridized carbons (Fsp3) is 0.619. The first-order chi connectivity index (χ1) is 14.1. The molecule has 1 aliphatic heterocycles.